The van der Waals surface area contributed by atoms with E-state index in [9.17, 15) is 5.11 Å². The second-order valence-corrected chi connectivity index (χ2v) is 7.41. The van der Waals surface area contributed by atoms with Crippen molar-refractivity contribution in [3.8, 4) is 0 Å². The zero-order valence-corrected chi connectivity index (χ0v) is 13.1. The second-order valence-electron chi connectivity index (χ2n) is 7.41. The lowest BCUT2D eigenvalue weighted by molar-refractivity contribution is -0.0963. The Morgan fingerprint density at radius 3 is 2.47 bits per heavy atom. The third kappa shape index (κ3) is 2.72. The lowest BCUT2D eigenvalue weighted by atomic mass is 9.61. The highest BCUT2D eigenvalue weighted by atomic mass is 16.3. The Morgan fingerprint density at radius 2 is 1.84 bits per heavy atom. The van der Waals surface area contributed by atoms with Crippen LogP contribution in [0.15, 0.2) is 18.2 Å². The quantitative estimate of drug-likeness (QED) is 0.774. The first kappa shape index (κ1) is 14.6. The van der Waals surface area contributed by atoms with Crippen molar-refractivity contribution in [1.29, 1.82) is 0 Å². The van der Waals surface area contributed by atoms with Gasteiger partial charge in [0.15, 0.2) is 0 Å². The van der Waals surface area contributed by atoms with Crippen molar-refractivity contribution in [1.82, 2.24) is 0 Å². The molecule has 0 aliphatic heterocycles. The average Bonchev–Trinajstić information content (AvgIpc) is 2.31. The fourth-order valence-corrected chi connectivity index (χ4v) is 3.83. The zero-order chi connectivity index (χ0) is 14.3. The van der Waals surface area contributed by atoms with Gasteiger partial charge < -0.3 is 5.11 Å². The average molecular weight is 260 g/mol. The van der Waals surface area contributed by atoms with Gasteiger partial charge in [-0.05, 0) is 49.1 Å². The highest BCUT2D eigenvalue weighted by Crippen LogP contribution is 2.50. The SMILES string of the molecule is Cc1ccc(C)c(C2(O)CCCCC2C(C)(C)C)c1. The van der Waals surface area contributed by atoms with Gasteiger partial charge in [-0.25, -0.2) is 0 Å². The van der Waals surface area contributed by atoms with E-state index in [0.29, 0.717) is 5.92 Å². The minimum absolute atomic E-state index is 0.144. The summed E-state index contributed by atoms with van der Waals surface area (Å²) in [6.07, 6.45) is 4.41. The molecule has 2 rings (SSSR count). The predicted molar refractivity (Wildman–Crippen MR) is 81.2 cm³/mol. The molecule has 1 aromatic rings. The highest BCUT2D eigenvalue weighted by Gasteiger charge is 2.46. The van der Waals surface area contributed by atoms with Crippen molar-refractivity contribution >= 4 is 0 Å². The summed E-state index contributed by atoms with van der Waals surface area (Å²) in [5, 5.41) is 11.4. The van der Waals surface area contributed by atoms with E-state index in [4.69, 9.17) is 0 Å². The maximum Gasteiger partial charge on any atom is 0.0932 e. The summed E-state index contributed by atoms with van der Waals surface area (Å²) in [5.41, 5.74) is 3.13. The molecule has 1 fully saturated rings. The lowest BCUT2D eigenvalue weighted by Crippen LogP contribution is -2.45. The van der Waals surface area contributed by atoms with Crippen LogP contribution in [0.1, 0.15) is 63.1 Å². The summed E-state index contributed by atoms with van der Waals surface area (Å²) in [6.45, 7) is 11.0. The first-order chi connectivity index (χ1) is 8.75. The van der Waals surface area contributed by atoms with Crippen LogP contribution in [0.4, 0.5) is 0 Å². The Hall–Kier alpha value is -0.820. The van der Waals surface area contributed by atoms with E-state index in [2.05, 4.69) is 52.8 Å². The minimum atomic E-state index is -0.646. The van der Waals surface area contributed by atoms with Gasteiger partial charge in [0, 0.05) is 0 Å². The second kappa shape index (κ2) is 4.94. The molecule has 1 aliphatic carbocycles. The largest absolute Gasteiger partial charge is 0.385 e. The Morgan fingerprint density at radius 1 is 1.16 bits per heavy atom. The topological polar surface area (TPSA) is 20.2 Å². The maximum atomic E-state index is 11.4. The van der Waals surface area contributed by atoms with Crippen LogP contribution in [-0.4, -0.2) is 5.11 Å². The molecule has 2 atom stereocenters. The monoisotopic (exact) mass is 260 g/mol. The fraction of sp³-hybridized carbons (Fsp3) is 0.667. The number of hydrogen-bond acceptors (Lipinski definition) is 1. The van der Waals surface area contributed by atoms with E-state index in [1.54, 1.807) is 0 Å². The molecule has 1 N–H and O–H groups in total. The van der Waals surface area contributed by atoms with Crippen LogP contribution in [0.2, 0.25) is 0 Å². The molecule has 0 amide bonds. The van der Waals surface area contributed by atoms with Crippen LogP contribution in [0.3, 0.4) is 0 Å². The molecule has 0 heterocycles. The van der Waals surface area contributed by atoms with Gasteiger partial charge in [-0.2, -0.15) is 0 Å². The van der Waals surface area contributed by atoms with Crippen molar-refractivity contribution in [2.75, 3.05) is 0 Å². The van der Waals surface area contributed by atoms with Crippen LogP contribution in [0.25, 0.3) is 0 Å². The summed E-state index contributed by atoms with van der Waals surface area (Å²) < 4.78 is 0. The molecule has 0 spiro atoms. The van der Waals surface area contributed by atoms with Crippen LogP contribution < -0.4 is 0 Å². The first-order valence-electron chi connectivity index (χ1n) is 7.55. The molecule has 0 saturated heterocycles. The normalized spacial score (nSPS) is 28.4. The number of aryl methyl sites for hydroxylation is 2. The molecule has 106 valence electrons. The molecule has 1 aromatic carbocycles. The van der Waals surface area contributed by atoms with Gasteiger partial charge in [0.25, 0.3) is 0 Å². The molecular weight excluding hydrogens is 232 g/mol. The molecule has 1 heteroatoms. The Balaban J connectivity index is 2.51. The molecule has 0 radical (unpaired) electrons. The standard InChI is InChI=1S/C18H28O/c1-13-9-10-14(2)15(12-13)18(19)11-7-6-8-16(18)17(3,4)5/h9-10,12,16,19H,6-8,11H2,1-5H3. The first-order valence-corrected chi connectivity index (χ1v) is 7.55. The Bertz CT molecular complexity index is 455. The molecule has 0 bridgehead atoms. The molecule has 1 saturated carbocycles. The zero-order valence-electron chi connectivity index (χ0n) is 13.1. The van der Waals surface area contributed by atoms with E-state index < -0.39 is 5.60 Å². The van der Waals surface area contributed by atoms with Crippen molar-refractivity contribution in [2.45, 2.75) is 65.9 Å². The lowest BCUT2D eigenvalue weighted by Gasteiger charge is -2.47. The molecular formula is C18H28O. The summed E-state index contributed by atoms with van der Waals surface area (Å²) in [4.78, 5) is 0. The summed E-state index contributed by atoms with van der Waals surface area (Å²) >= 11 is 0. The van der Waals surface area contributed by atoms with E-state index in [1.807, 2.05) is 0 Å². The van der Waals surface area contributed by atoms with Gasteiger partial charge in [-0.1, -0.05) is 57.4 Å². The third-order valence-electron chi connectivity index (χ3n) is 4.78. The highest BCUT2D eigenvalue weighted by molar-refractivity contribution is 5.36. The Kier molecular flexibility index (Phi) is 3.79. The third-order valence-corrected chi connectivity index (χ3v) is 4.78. The van der Waals surface area contributed by atoms with Gasteiger partial charge in [0.1, 0.15) is 0 Å². The van der Waals surface area contributed by atoms with Gasteiger partial charge in [0.05, 0.1) is 5.60 Å². The predicted octanol–water partition coefficient (Wildman–Crippen LogP) is 4.73. The van der Waals surface area contributed by atoms with Crippen molar-refractivity contribution in [3.63, 3.8) is 0 Å². The maximum absolute atomic E-state index is 11.4. The van der Waals surface area contributed by atoms with Crippen LogP contribution in [0, 0.1) is 25.2 Å². The van der Waals surface area contributed by atoms with Crippen LogP contribution in [-0.2, 0) is 5.60 Å². The van der Waals surface area contributed by atoms with Crippen LogP contribution in [0.5, 0.6) is 0 Å². The smallest absolute Gasteiger partial charge is 0.0932 e. The summed E-state index contributed by atoms with van der Waals surface area (Å²) in [5.74, 6) is 0.342. The Labute approximate surface area is 118 Å². The van der Waals surface area contributed by atoms with Gasteiger partial charge in [0.2, 0.25) is 0 Å². The number of rotatable bonds is 1. The van der Waals surface area contributed by atoms with E-state index >= 15 is 0 Å². The van der Waals surface area contributed by atoms with Gasteiger partial charge >= 0.3 is 0 Å². The fourth-order valence-electron chi connectivity index (χ4n) is 3.83. The number of aliphatic hydroxyl groups is 1. The van der Waals surface area contributed by atoms with Crippen molar-refractivity contribution in [2.24, 2.45) is 11.3 Å². The number of benzene rings is 1. The van der Waals surface area contributed by atoms with E-state index in [1.165, 1.54) is 17.5 Å². The molecule has 0 aromatic heterocycles. The van der Waals surface area contributed by atoms with Crippen molar-refractivity contribution in [3.05, 3.63) is 34.9 Å². The molecule has 2 unspecified atom stereocenters. The van der Waals surface area contributed by atoms with E-state index in [-0.39, 0.29) is 5.41 Å². The van der Waals surface area contributed by atoms with E-state index in [0.717, 1.165) is 24.8 Å². The van der Waals surface area contributed by atoms with Gasteiger partial charge in [-0.15, -0.1) is 0 Å². The minimum Gasteiger partial charge on any atom is -0.385 e. The number of hydrogen-bond donors (Lipinski definition) is 1. The van der Waals surface area contributed by atoms with Crippen molar-refractivity contribution < 1.29 is 5.11 Å². The van der Waals surface area contributed by atoms with Crippen LogP contribution >= 0.6 is 0 Å². The molecule has 1 aliphatic rings. The molecule has 19 heavy (non-hydrogen) atoms. The van der Waals surface area contributed by atoms with Gasteiger partial charge in [-0.3, -0.25) is 0 Å². The summed E-state index contributed by atoms with van der Waals surface area (Å²) in [7, 11) is 0. The molecule has 1 nitrogen and oxygen atoms in total. The summed E-state index contributed by atoms with van der Waals surface area (Å²) in [6, 6.07) is 6.48.